The summed E-state index contributed by atoms with van der Waals surface area (Å²) >= 11 is 0. The first-order valence-electron chi connectivity index (χ1n) is 9.58. The third-order valence-corrected chi connectivity index (χ3v) is 5.16. The number of carbonyl (C=O) groups excluding carboxylic acids is 3. The number of benzene rings is 2. The summed E-state index contributed by atoms with van der Waals surface area (Å²) in [6, 6.07) is 14.7. The largest absolute Gasteiger partial charge is 0.459 e. The number of fused-ring (bicyclic) bond motifs is 1. The van der Waals surface area contributed by atoms with Crippen LogP contribution in [-0.2, 0) is 9.59 Å². The van der Waals surface area contributed by atoms with Crippen LogP contribution < -0.4 is 15.5 Å². The van der Waals surface area contributed by atoms with Gasteiger partial charge in [-0.1, -0.05) is 18.2 Å². The number of para-hydroxylation sites is 2. The molecule has 2 aromatic carbocycles. The summed E-state index contributed by atoms with van der Waals surface area (Å²) < 4.78 is 5.25. The van der Waals surface area contributed by atoms with E-state index >= 15 is 0 Å². The molecule has 0 fully saturated rings. The molecule has 30 heavy (non-hydrogen) atoms. The summed E-state index contributed by atoms with van der Waals surface area (Å²) in [6.45, 7) is 3.95. The van der Waals surface area contributed by atoms with Crippen molar-refractivity contribution < 1.29 is 18.8 Å². The second kappa shape index (κ2) is 7.87. The Bertz CT molecular complexity index is 1120. The topological polar surface area (TPSA) is 91.7 Å². The minimum Gasteiger partial charge on any atom is -0.459 e. The molecule has 7 nitrogen and oxygen atoms in total. The summed E-state index contributed by atoms with van der Waals surface area (Å²) in [5.41, 5.74) is 3.83. The lowest BCUT2D eigenvalue weighted by Gasteiger charge is -2.35. The highest BCUT2D eigenvalue weighted by molar-refractivity contribution is 6.17. The third-order valence-electron chi connectivity index (χ3n) is 5.16. The predicted octanol–water partition coefficient (Wildman–Crippen LogP) is 3.89. The number of hydrogen-bond acceptors (Lipinski definition) is 4. The van der Waals surface area contributed by atoms with Crippen LogP contribution in [0.2, 0.25) is 0 Å². The third kappa shape index (κ3) is 3.69. The Labute approximate surface area is 173 Å². The lowest BCUT2D eigenvalue weighted by atomic mass is 10.0. The molecule has 0 spiro atoms. The number of nitrogens with zero attached hydrogens (tertiary/aromatic N) is 1. The first-order chi connectivity index (χ1) is 14.4. The zero-order valence-electron chi connectivity index (χ0n) is 16.6. The Morgan fingerprint density at radius 1 is 1.07 bits per heavy atom. The number of hydrogen-bond donors (Lipinski definition) is 2. The number of amides is 3. The Kier molecular flexibility index (Phi) is 5.10. The van der Waals surface area contributed by atoms with E-state index in [4.69, 9.17) is 4.42 Å². The zero-order valence-corrected chi connectivity index (χ0v) is 16.6. The number of carbonyl (C=O) groups is 3. The number of aryl methyl sites for hydroxylation is 2. The van der Waals surface area contributed by atoms with Crippen LogP contribution in [0.3, 0.4) is 0 Å². The molecule has 0 radical (unpaired) electrons. The van der Waals surface area contributed by atoms with Crippen LogP contribution in [0.25, 0.3) is 0 Å². The van der Waals surface area contributed by atoms with Crippen molar-refractivity contribution in [2.24, 2.45) is 0 Å². The van der Waals surface area contributed by atoms with Gasteiger partial charge in [-0.15, -0.1) is 0 Å². The lowest BCUT2D eigenvalue weighted by Crippen LogP contribution is -2.52. The average molecular weight is 403 g/mol. The van der Waals surface area contributed by atoms with E-state index < -0.39 is 17.9 Å². The zero-order chi connectivity index (χ0) is 21.3. The molecular weight excluding hydrogens is 382 g/mol. The van der Waals surface area contributed by atoms with Crippen LogP contribution in [0, 0.1) is 13.8 Å². The maximum absolute atomic E-state index is 13.1. The van der Waals surface area contributed by atoms with Crippen molar-refractivity contribution in [3.63, 3.8) is 0 Å². The maximum atomic E-state index is 13.1. The highest BCUT2D eigenvalue weighted by Crippen LogP contribution is 2.34. The van der Waals surface area contributed by atoms with Crippen molar-refractivity contribution in [1.82, 2.24) is 0 Å². The molecule has 2 N–H and O–H groups in total. The van der Waals surface area contributed by atoms with Crippen molar-refractivity contribution in [1.29, 1.82) is 0 Å². The van der Waals surface area contributed by atoms with Crippen molar-refractivity contribution in [2.75, 3.05) is 15.5 Å². The molecule has 0 saturated heterocycles. The quantitative estimate of drug-likeness (QED) is 0.691. The van der Waals surface area contributed by atoms with E-state index in [-0.39, 0.29) is 18.1 Å². The Hall–Kier alpha value is -3.87. The van der Waals surface area contributed by atoms with Crippen molar-refractivity contribution in [2.45, 2.75) is 26.3 Å². The Morgan fingerprint density at radius 3 is 2.60 bits per heavy atom. The van der Waals surface area contributed by atoms with Gasteiger partial charge in [-0.2, -0.15) is 0 Å². The molecule has 1 aromatic heterocycles. The SMILES string of the molecule is Cc1ccc(NC(=O)C[C@H]2C(=O)Nc3ccccc3N2C(=O)c2ccco2)cc1C. The minimum absolute atomic E-state index is 0.0964. The molecule has 1 aliphatic rings. The summed E-state index contributed by atoms with van der Waals surface area (Å²) in [6.07, 6.45) is 1.20. The normalized spacial score (nSPS) is 15.3. The summed E-state index contributed by atoms with van der Waals surface area (Å²) in [4.78, 5) is 40.0. The summed E-state index contributed by atoms with van der Waals surface area (Å²) in [5, 5.41) is 5.60. The maximum Gasteiger partial charge on any atom is 0.294 e. The van der Waals surface area contributed by atoms with E-state index in [9.17, 15) is 14.4 Å². The van der Waals surface area contributed by atoms with Crippen molar-refractivity contribution in [3.8, 4) is 0 Å². The minimum atomic E-state index is -1.01. The van der Waals surface area contributed by atoms with Crippen LogP contribution in [0.1, 0.15) is 28.1 Å². The second-order valence-electron chi connectivity index (χ2n) is 7.23. The molecule has 2 heterocycles. The van der Waals surface area contributed by atoms with Crippen LogP contribution in [0.4, 0.5) is 17.1 Å². The molecule has 3 amide bonds. The molecule has 0 saturated carbocycles. The van der Waals surface area contributed by atoms with E-state index in [1.807, 2.05) is 32.0 Å². The molecule has 0 unspecified atom stereocenters. The fourth-order valence-electron chi connectivity index (χ4n) is 3.45. The van der Waals surface area contributed by atoms with E-state index in [0.29, 0.717) is 17.1 Å². The van der Waals surface area contributed by atoms with E-state index in [2.05, 4.69) is 10.6 Å². The molecule has 152 valence electrons. The lowest BCUT2D eigenvalue weighted by molar-refractivity contribution is -0.122. The number of nitrogens with one attached hydrogen (secondary N) is 2. The van der Waals surface area contributed by atoms with Crippen molar-refractivity contribution in [3.05, 3.63) is 77.7 Å². The van der Waals surface area contributed by atoms with Gasteiger partial charge in [0.2, 0.25) is 11.8 Å². The van der Waals surface area contributed by atoms with Crippen molar-refractivity contribution >= 4 is 34.8 Å². The van der Waals surface area contributed by atoms with Gasteiger partial charge in [-0.25, -0.2) is 0 Å². The van der Waals surface area contributed by atoms with Crippen LogP contribution in [0.15, 0.2) is 65.3 Å². The molecule has 1 aliphatic heterocycles. The molecule has 1 atom stereocenters. The highest BCUT2D eigenvalue weighted by Gasteiger charge is 2.39. The predicted molar refractivity (Wildman–Crippen MR) is 114 cm³/mol. The monoisotopic (exact) mass is 403 g/mol. The number of rotatable bonds is 4. The van der Waals surface area contributed by atoms with Gasteiger partial charge in [0.25, 0.3) is 5.91 Å². The molecule has 4 rings (SSSR count). The molecule has 0 bridgehead atoms. The Balaban J connectivity index is 1.62. The number of anilines is 3. The fourth-order valence-corrected chi connectivity index (χ4v) is 3.45. The van der Waals surface area contributed by atoms with Gasteiger partial charge >= 0.3 is 0 Å². The van der Waals surface area contributed by atoms with Gasteiger partial charge in [0.05, 0.1) is 24.1 Å². The van der Waals surface area contributed by atoms with E-state index in [1.54, 1.807) is 30.3 Å². The average Bonchev–Trinajstić information content (AvgIpc) is 3.26. The summed E-state index contributed by atoms with van der Waals surface area (Å²) in [7, 11) is 0. The van der Waals surface area contributed by atoms with Crippen LogP contribution in [0.5, 0.6) is 0 Å². The van der Waals surface area contributed by atoms with Gasteiger partial charge < -0.3 is 15.1 Å². The molecule has 3 aromatic rings. The molecular formula is C23H21N3O4. The number of furan rings is 1. The van der Waals surface area contributed by atoms with E-state index in [0.717, 1.165) is 11.1 Å². The van der Waals surface area contributed by atoms with Gasteiger partial charge in [0.15, 0.2) is 5.76 Å². The highest BCUT2D eigenvalue weighted by atomic mass is 16.3. The summed E-state index contributed by atoms with van der Waals surface area (Å²) in [5.74, 6) is -1.18. The fraction of sp³-hybridized carbons (Fsp3) is 0.174. The van der Waals surface area contributed by atoms with Crippen LogP contribution in [-0.4, -0.2) is 23.8 Å². The second-order valence-corrected chi connectivity index (χ2v) is 7.23. The van der Waals surface area contributed by atoms with Gasteiger partial charge in [-0.3, -0.25) is 19.3 Å². The first kappa shape index (κ1) is 19.4. The van der Waals surface area contributed by atoms with Crippen LogP contribution >= 0.6 is 0 Å². The standard InChI is InChI=1S/C23H21N3O4/c1-14-9-10-16(12-15(14)2)24-21(27)13-19-22(28)25-17-6-3-4-7-18(17)26(19)23(29)20-8-5-11-30-20/h3-12,19H,13H2,1-2H3,(H,24,27)(H,25,28)/t19-/m0/s1. The van der Waals surface area contributed by atoms with Gasteiger partial charge in [-0.05, 0) is 61.4 Å². The smallest absolute Gasteiger partial charge is 0.294 e. The first-order valence-corrected chi connectivity index (χ1v) is 9.58. The molecule has 0 aliphatic carbocycles. The van der Waals surface area contributed by atoms with Gasteiger partial charge in [0.1, 0.15) is 6.04 Å². The van der Waals surface area contributed by atoms with Gasteiger partial charge in [0, 0.05) is 5.69 Å². The Morgan fingerprint density at radius 2 is 1.87 bits per heavy atom. The van der Waals surface area contributed by atoms with E-state index in [1.165, 1.54) is 17.2 Å². The molecule has 7 heteroatoms.